The van der Waals surface area contributed by atoms with Crippen molar-refractivity contribution in [3.63, 3.8) is 0 Å². The largest absolute Gasteiger partial charge is 0.478 e. The van der Waals surface area contributed by atoms with E-state index in [1.807, 2.05) is 0 Å². The van der Waals surface area contributed by atoms with Crippen LogP contribution in [0.4, 0.5) is 13.2 Å². The average Bonchev–Trinajstić information content (AvgIpc) is 2.62. The van der Waals surface area contributed by atoms with Gasteiger partial charge in [-0.1, -0.05) is 6.92 Å². The first-order valence-corrected chi connectivity index (χ1v) is 4.99. The Bertz CT molecular complexity index is 479. The molecule has 0 saturated heterocycles. The molecule has 18 heavy (non-hydrogen) atoms. The number of hydrogen-bond acceptors (Lipinski definition) is 2. The second kappa shape index (κ2) is 4.71. The van der Waals surface area contributed by atoms with Crippen molar-refractivity contribution in [1.29, 1.82) is 0 Å². The summed E-state index contributed by atoms with van der Waals surface area (Å²) in [4.78, 5) is 21.8. The Morgan fingerprint density at radius 3 is 2.28 bits per heavy atom. The lowest BCUT2D eigenvalue weighted by atomic mass is 10.2. The van der Waals surface area contributed by atoms with Crippen LogP contribution < -0.4 is 5.73 Å². The summed E-state index contributed by atoms with van der Waals surface area (Å²) in [5.41, 5.74) is 2.84. The third-order valence-corrected chi connectivity index (χ3v) is 2.46. The Morgan fingerprint density at radius 2 is 2.00 bits per heavy atom. The predicted molar refractivity (Wildman–Crippen MR) is 54.9 cm³/mol. The standard InChI is InChI=1S/C10H11F3N2O3/c1-2-7(8(14)16)15-3-5(9(17)18)6(4-15)10(11,12)13/h3-4,7H,2H2,1H3,(H2,14,16)(H,17,18). The number of halogens is 3. The van der Waals surface area contributed by atoms with Gasteiger partial charge in [-0.15, -0.1) is 0 Å². The summed E-state index contributed by atoms with van der Waals surface area (Å²) in [7, 11) is 0. The molecule has 0 aliphatic heterocycles. The van der Waals surface area contributed by atoms with E-state index < -0.39 is 35.2 Å². The summed E-state index contributed by atoms with van der Waals surface area (Å²) in [5.74, 6) is -2.53. The Kier molecular flexibility index (Phi) is 3.68. The molecule has 0 aliphatic carbocycles. The van der Waals surface area contributed by atoms with Crippen molar-refractivity contribution in [1.82, 2.24) is 4.57 Å². The summed E-state index contributed by atoms with van der Waals surface area (Å²) >= 11 is 0. The number of aromatic carboxylic acids is 1. The number of primary amides is 1. The molecule has 0 radical (unpaired) electrons. The topological polar surface area (TPSA) is 85.3 Å². The number of carboxylic acid groups (broad SMARTS) is 1. The number of amides is 1. The molecule has 1 amide bonds. The number of carboxylic acids is 1. The molecule has 0 aromatic carbocycles. The van der Waals surface area contributed by atoms with Crippen molar-refractivity contribution in [2.45, 2.75) is 25.6 Å². The highest BCUT2D eigenvalue weighted by Gasteiger charge is 2.37. The maximum Gasteiger partial charge on any atom is 0.418 e. The van der Waals surface area contributed by atoms with Gasteiger partial charge in [-0.2, -0.15) is 13.2 Å². The molecule has 1 unspecified atom stereocenters. The maximum atomic E-state index is 12.6. The molecule has 1 atom stereocenters. The molecule has 0 spiro atoms. The van der Waals surface area contributed by atoms with Crippen LogP contribution in [0.3, 0.4) is 0 Å². The fraction of sp³-hybridized carbons (Fsp3) is 0.400. The van der Waals surface area contributed by atoms with Gasteiger partial charge in [-0.25, -0.2) is 4.79 Å². The quantitative estimate of drug-likeness (QED) is 0.866. The van der Waals surface area contributed by atoms with Crippen LogP contribution in [0.5, 0.6) is 0 Å². The van der Waals surface area contributed by atoms with Crippen molar-refractivity contribution in [3.8, 4) is 0 Å². The minimum absolute atomic E-state index is 0.167. The van der Waals surface area contributed by atoms with Crippen LogP contribution in [0.2, 0.25) is 0 Å². The van der Waals surface area contributed by atoms with Gasteiger partial charge >= 0.3 is 12.1 Å². The molecule has 0 bridgehead atoms. The highest BCUT2D eigenvalue weighted by atomic mass is 19.4. The fourth-order valence-electron chi connectivity index (χ4n) is 1.61. The second-order valence-electron chi connectivity index (χ2n) is 3.66. The summed E-state index contributed by atoms with van der Waals surface area (Å²) in [5, 5.41) is 8.71. The number of nitrogens with two attached hydrogens (primary N) is 1. The molecule has 100 valence electrons. The maximum absolute atomic E-state index is 12.6. The van der Waals surface area contributed by atoms with Gasteiger partial charge in [0.2, 0.25) is 5.91 Å². The Balaban J connectivity index is 3.34. The molecule has 1 rings (SSSR count). The molecule has 8 heteroatoms. The molecular formula is C10H11F3N2O3. The van der Waals surface area contributed by atoms with E-state index in [1.165, 1.54) is 0 Å². The van der Waals surface area contributed by atoms with E-state index in [1.54, 1.807) is 6.92 Å². The number of nitrogens with zero attached hydrogens (tertiary/aromatic N) is 1. The average molecular weight is 264 g/mol. The van der Waals surface area contributed by atoms with Crippen molar-refractivity contribution < 1.29 is 27.9 Å². The van der Waals surface area contributed by atoms with Gasteiger partial charge in [0, 0.05) is 12.4 Å². The minimum Gasteiger partial charge on any atom is -0.478 e. The van der Waals surface area contributed by atoms with E-state index in [-0.39, 0.29) is 6.42 Å². The normalized spacial score (nSPS) is 13.3. The summed E-state index contributed by atoms with van der Waals surface area (Å²) in [6.45, 7) is 1.56. The van der Waals surface area contributed by atoms with Crippen molar-refractivity contribution in [3.05, 3.63) is 23.5 Å². The predicted octanol–water partition coefficient (Wildman–Crippen LogP) is 1.64. The summed E-state index contributed by atoms with van der Waals surface area (Å²) in [6, 6.07) is -1.00. The van der Waals surface area contributed by atoms with E-state index >= 15 is 0 Å². The SMILES string of the molecule is CCC(C(N)=O)n1cc(C(=O)O)c(C(F)(F)F)c1. The number of aromatic nitrogens is 1. The van der Waals surface area contributed by atoms with Crippen molar-refractivity contribution in [2.75, 3.05) is 0 Å². The van der Waals surface area contributed by atoms with Crippen LogP contribution in [0.15, 0.2) is 12.4 Å². The summed E-state index contributed by atoms with van der Waals surface area (Å²) < 4.78 is 38.7. The van der Waals surface area contributed by atoms with Crippen molar-refractivity contribution in [2.24, 2.45) is 5.73 Å². The molecule has 1 aromatic heterocycles. The van der Waals surface area contributed by atoms with Crippen LogP contribution in [-0.4, -0.2) is 21.6 Å². The smallest absolute Gasteiger partial charge is 0.418 e. The zero-order chi connectivity index (χ0) is 14.1. The highest BCUT2D eigenvalue weighted by molar-refractivity contribution is 5.89. The van der Waals surface area contributed by atoms with Gasteiger partial charge in [0.25, 0.3) is 0 Å². The molecule has 0 saturated carbocycles. The molecule has 0 aliphatic rings. The van der Waals surface area contributed by atoms with Crippen molar-refractivity contribution >= 4 is 11.9 Å². The fourth-order valence-corrected chi connectivity index (χ4v) is 1.61. The monoisotopic (exact) mass is 264 g/mol. The van der Waals surface area contributed by atoms with Crippen LogP contribution in [0, 0.1) is 0 Å². The van der Waals surface area contributed by atoms with Crippen LogP contribution in [-0.2, 0) is 11.0 Å². The number of rotatable bonds is 4. The molecule has 1 heterocycles. The minimum atomic E-state index is -4.80. The van der Waals surface area contributed by atoms with Crippen LogP contribution >= 0.6 is 0 Å². The van der Waals surface area contributed by atoms with Gasteiger partial charge in [0.15, 0.2) is 0 Å². The third-order valence-electron chi connectivity index (χ3n) is 2.46. The molecule has 0 fully saturated rings. The van der Waals surface area contributed by atoms with Gasteiger partial charge in [-0.3, -0.25) is 4.79 Å². The lowest BCUT2D eigenvalue weighted by molar-refractivity contribution is -0.138. The lowest BCUT2D eigenvalue weighted by Crippen LogP contribution is -2.25. The van der Waals surface area contributed by atoms with E-state index in [9.17, 15) is 22.8 Å². The molecular weight excluding hydrogens is 253 g/mol. The zero-order valence-corrected chi connectivity index (χ0v) is 9.36. The highest BCUT2D eigenvalue weighted by Crippen LogP contribution is 2.33. The first-order chi connectivity index (χ1) is 8.18. The van der Waals surface area contributed by atoms with E-state index in [0.717, 1.165) is 10.8 Å². The van der Waals surface area contributed by atoms with Gasteiger partial charge < -0.3 is 15.4 Å². The zero-order valence-electron chi connectivity index (χ0n) is 9.36. The Hall–Kier alpha value is -1.99. The summed E-state index contributed by atoms with van der Waals surface area (Å²) in [6.07, 6.45) is -3.28. The molecule has 5 nitrogen and oxygen atoms in total. The van der Waals surface area contributed by atoms with Gasteiger partial charge in [0.1, 0.15) is 6.04 Å². The molecule has 1 aromatic rings. The Morgan fingerprint density at radius 1 is 1.44 bits per heavy atom. The van der Waals surface area contributed by atoms with Gasteiger partial charge in [-0.05, 0) is 6.42 Å². The second-order valence-corrected chi connectivity index (χ2v) is 3.66. The third kappa shape index (κ3) is 2.63. The van der Waals surface area contributed by atoms with E-state index in [4.69, 9.17) is 10.8 Å². The number of carbonyl (C=O) groups is 2. The first kappa shape index (κ1) is 14.1. The Labute approximate surface area is 100.0 Å². The van der Waals surface area contributed by atoms with Gasteiger partial charge in [0.05, 0.1) is 11.1 Å². The lowest BCUT2D eigenvalue weighted by Gasteiger charge is -2.12. The van der Waals surface area contributed by atoms with Crippen LogP contribution in [0.25, 0.3) is 0 Å². The number of hydrogen-bond donors (Lipinski definition) is 2. The number of alkyl halides is 3. The van der Waals surface area contributed by atoms with E-state index in [2.05, 4.69) is 0 Å². The van der Waals surface area contributed by atoms with Crippen LogP contribution in [0.1, 0.15) is 35.3 Å². The molecule has 3 N–H and O–H groups in total. The van der Waals surface area contributed by atoms with E-state index in [0.29, 0.717) is 6.20 Å². The first-order valence-electron chi connectivity index (χ1n) is 4.99. The number of carbonyl (C=O) groups excluding carboxylic acids is 1.